The Labute approximate surface area is 84.3 Å². The molecular formula is C10H18N2O2. The first-order chi connectivity index (χ1) is 6.67. The third-order valence-electron chi connectivity index (χ3n) is 3.82. The molecule has 0 bridgehead atoms. The molecule has 80 valence electrons. The van der Waals surface area contributed by atoms with Gasteiger partial charge in [0.2, 0.25) is 0 Å². The van der Waals surface area contributed by atoms with Gasteiger partial charge < -0.3 is 15.3 Å². The van der Waals surface area contributed by atoms with Crippen molar-refractivity contribution >= 4 is 5.97 Å². The summed E-state index contributed by atoms with van der Waals surface area (Å²) >= 11 is 0. The number of likely N-dealkylation sites (N-methyl/N-ethyl adjacent to an activating group) is 1. The third-order valence-corrected chi connectivity index (χ3v) is 3.82. The maximum absolute atomic E-state index is 11.4. The number of nitrogens with one attached hydrogen (secondary N) is 1. The van der Waals surface area contributed by atoms with Gasteiger partial charge in [-0.05, 0) is 39.4 Å². The van der Waals surface area contributed by atoms with Crippen LogP contribution in [0.3, 0.4) is 0 Å². The van der Waals surface area contributed by atoms with Crippen molar-refractivity contribution in [3.8, 4) is 0 Å². The zero-order valence-corrected chi connectivity index (χ0v) is 8.62. The van der Waals surface area contributed by atoms with Crippen molar-refractivity contribution in [2.75, 3.05) is 26.7 Å². The lowest BCUT2D eigenvalue weighted by Gasteiger charge is -2.49. The molecule has 0 aromatic heterocycles. The van der Waals surface area contributed by atoms with E-state index in [4.69, 9.17) is 0 Å². The number of rotatable bonds is 1. The van der Waals surface area contributed by atoms with Crippen LogP contribution in [0.2, 0.25) is 0 Å². The number of piperidine rings is 2. The first kappa shape index (κ1) is 9.93. The summed E-state index contributed by atoms with van der Waals surface area (Å²) in [5.41, 5.74) is -0.474. The zero-order valence-electron chi connectivity index (χ0n) is 8.62. The fourth-order valence-electron chi connectivity index (χ4n) is 2.94. The standard InChI is InChI=1S/C10H18N2O2/c1-12-6-2-3-10(9(13)14)4-5-11-7-8(10)12/h8,11H,2-7H2,1H3,(H,13,14). The van der Waals surface area contributed by atoms with Crippen molar-refractivity contribution in [1.29, 1.82) is 0 Å². The second kappa shape index (κ2) is 3.51. The number of hydrogen-bond acceptors (Lipinski definition) is 3. The Hall–Kier alpha value is -0.610. The number of aliphatic carboxylic acids is 1. The fraction of sp³-hybridized carbons (Fsp3) is 0.900. The molecule has 2 saturated heterocycles. The van der Waals surface area contributed by atoms with Crippen LogP contribution in [-0.4, -0.2) is 48.7 Å². The minimum absolute atomic E-state index is 0.183. The molecule has 0 aliphatic carbocycles. The molecule has 4 nitrogen and oxygen atoms in total. The highest BCUT2D eigenvalue weighted by atomic mass is 16.4. The molecule has 0 radical (unpaired) electrons. The van der Waals surface area contributed by atoms with Crippen molar-refractivity contribution in [1.82, 2.24) is 10.2 Å². The van der Waals surface area contributed by atoms with Crippen molar-refractivity contribution in [2.24, 2.45) is 5.41 Å². The molecule has 0 saturated carbocycles. The summed E-state index contributed by atoms with van der Waals surface area (Å²) in [5, 5.41) is 12.7. The van der Waals surface area contributed by atoms with Gasteiger partial charge in [0.15, 0.2) is 0 Å². The van der Waals surface area contributed by atoms with Crippen molar-refractivity contribution < 1.29 is 9.90 Å². The van der Waals surface area contributed by atoms with Gasteiger partial charge in [-0.1, -0.05) is 0 Å². The van der Waals surface area contributed by atoms with Crippen LogP contribution in [0, 0.1) is 5.41 Å². The van der Waals surface area contributed by atoms with Gasteiger partial charge in [0.05, 0.1) is 5.41 Å². The summed E-state index contributed by atoms with van der Waals surface area (Å²) < 4.78 is 0. The first-order valence-corrected chi connectivity index (χ1v) is 5.31. The van der Waals surface area contributed by atoms with Crippen LogP contribution in [0.25, 0.3) is 0 Å². The van der Waals surface area contributed by atoms with E-state index in [-0.39, 0.29) is 6.04 Å². The smallest absolute Gasteiger partial charge is 0.311 e. The highest BCUT2D eigenvalue weighted by molar-refractivity contribution is 5.76. The molecule has 2 heterocycles. The molecule has 2 aliphatic heterocycles. The Morgan fingerprint density at radius 2 is 2.36 bits per heavy atom. The Morgan fingerprint density at radius 3 is 3.00 bits per heavy atom. The van der Waals surface area contributed by atoms with E-state index < -0.39 is 11.4 Å². The summed E-state index contributed by atoms with van der Waals surface area (Å²) in [6.45, 7) is 2.70. The molecule has 0 aromatic carbocycles. The molecule has 2 rings (SSSR count). The van der Waals surface area contributed by atoms with Gasteiger partial charge in [-0.25, -0.2) is 0 Å². The molecule has 4 heteroatoms. The van der Waals surface area contributed by atoms with Gasteiger partial charge in [0, 0.05) is 12.6 Å². The van der Waals surface area contributed by atoms with Crippen LogP contribution in [0.15, 0.2) is 0 Å². The first-order valence-electron chi connectivity index (χ1n) is 5.31. The highest BCUT2D eigenvalue weighted by Crippen LogP contribution is 2.40. The van der Waals surface area contributed by atoms with E-state index >= 15 is 0 Å². The second-order valence-corrected chi connectivity index (χ2v) is 4.52. The summed E-state index contributed by atoms with van der Waals surface area (Å²) in [5.74, 6) is -0.601. The summed E-state index contributed by atoms with van der Waals surface area (Å²) in [6, 6.07) is 0.183. The van der Waals surface area contributed by atoms with Crippen LogP contribution in [0.4, 0.5) is 0 Å². The lowest BCUT2D eigenvalue weighted by atomic mass is 9.69. The predicted molar refractivity (Wildman–Crippen MR) is 53.2 cm³/mol. The van der Waals surface area contributed by atoms with Gasteiger partial charge in [0.25, 0.3) is 0 Å². The molecule has 0 aromatic rings. The number of carboxylic acids is 1. The quantitative estimate of drug-likeness (QED) is 0.629. The molecule has 14 heavy (non-hydrogen) atoms. The zero-order chi connectivity index (χ0) is 10.2. The molecular weight excluding hydrogens is 180 g/mol. The van der Waals surface area contributed by atoms with Crippen LogP contribution in [-0.2, 0) is 4.79 Å². The van der Waals surface area contributed by atoms with Gasteiger partial charge in [-0.15, -0.1) is 0 Å². The fourth-order valence-corrected chi connectivity index (χ4v) is 2.94. The minimum atomic E-state index is -0.601. The number of fused-ring (bicyclic) bond motifs is 1. The number of hydrogen-bond donors (Lipinski definition) is 2. The van der Waals surface area contributed by atoms with Crippen LogP contribution in [0.5, 0.6) is 0 Å². The Balaban J connectivity index is 2.26. The van der Waals surface area contributed by atoms with E-state index in [1.54, 1.807) is 0 Å². The number of carboxylic acid groups (broad SMARTS) is 1. The Morgan fingerprint density at radius 1 is 1.57 bits per heavy atom. The third kappa shape index (κ3) is 1.33. The molecule has 2 atom stereocenters. The molecule has 2 unspecified atom stereocenters. The monoisotopic (exact) mass is 198 g/mol. The highest BCUT2D eigenvalue weighted by Gasteiger charge is 2.50. The minimum Gasteiger partial charge on any atom is -0.481 e. The van der Waals surface area contributed by atoms with Crippen molar-refractivity contribution in [3.63, 3.8) is 0 Å². The lowest BCUT2D eigenvalue weighted by molar-refractivity contribution is -0.159. The van der Waals surface area contributed by atoms with E-state index in [9.17, 15) is 9.90 Å². The van der Waals surface area contributed by atoms with Crippen molar-refractivity contribution in [2.45, 2.75) is 25.3 Å². The van der Waals surface area contributed by atoms with Crippen LogP contribution < -0.4 is 5.32 Å². The van der Waals surface area contributed by atoms with Gasteiger partial charge in [-0.2, -0.15) is 0 Å². The average molecular weight is 198 g/mol. The predicted octanol–water partition coefficient (Wildman–Crippen LogP) is 0.145. The van der Waals surface area contributed by atoms with Gasteiger partial charge in [0.1, 0.15) is 0 Å². The molecule has 0 amide bonds. The SMILES string of the molecule is CN1CCCC2(C(=O)O)CCNCC12. The van der Waals surface area contributed by atoms with E-state index in [0.717, 1.165) is 38.9 Å². The van der Waals surface area contributed by atoms with E-state index in [0.29, 0.717) is 0 Å². The number of carbonyl (C=O) groups is 1. The largest absolute Gasteiger partial charge is 0.481 e. The second-order valence-electron chi connectivity index (χ2n) is 4.52. The van der Waals surface area contributed by atoms with Gasteiger partial charge in [-0.3, -0.25) is 4.79 Å². The number of nitrogens with zero attached hydrogens (tertiary/aromatic N) is 1. The summed E-state index contributed by atoms with van der Waals surface area (Å²) in [6.07, 6.45) is 2.63. The Kier molecular flexibility index (Phi) is 2.49. The van der Waals surface area contributed by atoms with Crippen molar-refractivity contribution in [3.05, 3.63) is 0 Å². The average Bonchev–Trinajstić information content (AvgIpc) is 2.18. The van der Waals surface area contributed by atoms with Crippen LogP contribution >= 0.6 is 0 Å². The van der Waals surface area contributed by atoms with E-state index in [2.05, 4.69) is 10.2 Å². The molecule has 2 N–H and O–H groups in total. The maximum atomic E-state index is 11.4. The van der Waals surface area contributed by atoms with Gasteiger partial charge >= 0.3 is 5.97 Å². The molecule has 2 fully saturated rings. The topological polar surface area (TPSA) is 52.6 Å². The Bertz CT molecular complexity index is 240. The van der Waals surface area contributed by atoms with E-state index in [1.807, 2.05) is 7.05 Å². The number of likely N-dealkylation sites (tertiary alicyclic amines) is 1. The van der Waals surface area contributed by atoms with Crippen LogP contribution in [0.1, 0.15) is 19.3 Å². The van der Waals surface area contributed by atoms with E-state index in [1.165, 1.54) is 0 Å². The molecule has 0 spiro atoms. The maximum Gasteiger partial charge on any atom is 0.311 e. The summed E-state index contributed by atoms with van der Waals surface area (Å²) in [7, 11) is 2.04. The molecule has 2 aliphatic rings. The normalized spacial score (nSPS) is 39.1. The summed E-state index contributed by atoms with van der Waals surface area (Å²) in [4.78, 5) is 13.6. The lowest BCUT2D eigenvalue weighted by Crippen LogP contribution is -2.62.